The van der Waals surface area contributed by atoms with Gasteiger partial charge in [-0.05, 0) is 25.5 Å². The molecule has 1 atom stereocenters. The summed E-state index contributed by atoms with van der Waals surface area (Å²) in [6.45, 7) is 3.94. The maximum atomic E-state index is 10.1. The lowest BCUT2D eigenvalue weighted by Gasteiger charge is -2.11. The number of aliphatic hydroxyl groups excluding tert-OH is 1. The largest absolute Gasteiger partial charge is 0.388 e. The first-order valence-corrected chi connectivity index (χ1v) is 6.04. The lowest BCUT2D eigenvalue weighted by atomic mass is 10.0. The van der Waals surface area contributed by atoms with Crippen molar-refractivity contribution < 1.29 is 5.11 Å². The molecule has 0 aliphatic rings. The van der Waals surface area contributed by atoms with Crippen molar-refractivity contribution in [1.29, 1.82) is 0 Å². The van der Waals surface area contributed by atoms with Gasteiger partial charge in [-0.2, -0.15) is 0 Å². The zero-order valence-corrected chi connectivity index (χ0v) is 10.2. The van der Waals surface area contributed by atoms with Crippen LogP contribution in [0.2, 0.25) is 0 Å². The van der Waals surface area contributed by atoms with Gasteiger partial charge in [0.2, 0.25) is 0 Å². The van der Waals surface area contributed by atoms with Crippen molar-refractivity contribution in [3.63, 3.8) is 0 Å². The number of hydrogen-bond donors (Lipinski definition) is 1. The molecule has 0 aliphatic carbocycles. The van der Waals surface area contributed by atoms with Gasteiger partial charge in [0.05, 0.1) is 11.1 Å². The van der Waals surface area contributed by atoms with Crippen LogP contribution in [0.15, 0.2) is 23.8 Å². The second-order valence-electron chi connectivity index (χ2n) is 3.83. The van der Waals surface area contributed by atoms with E-state index in [9.17, 15) is 5.11 Å². The van der Waals surface area contributed by atoms with Crippen molar-refractivity contribution in [3.05, 3.63) is 45.7 Å². The summed E-state index contributed by atoms with van der Waals surface area (Å²) in [4.78, 5) is 8.38. The Morgan fingerprint density at radius 3 is 2.88 bits per heavy atom. The molecule has 16 heavy (non-hydrogen) atoms. The molecule has 0 amide bonds. The maximum absolute atomic E-state index is 10.1. The molecule has 0 saturated carbocycles. The van der Waals surface area contributed by atoms with Crippen LogP contribution in [-0.4, -0.2) is 15.1 Å². The SMILES string of the molecule is Cc1csc(CC(O)c2cnccc2C)n1. The molecule has 4 heteroatoms. The van der Waals surface area contributed by atoms with Gasteiger partial charge in [0, 0.05) is 35.5 Å². The molecule has 0 bridgehead atoms. The molecule has 0 aromatic carbocycles. The average Bonchev–Trinajstić information content (AvgIpc) is 2.64. The number of rotatable bonds is 3. The van der Waals surface area contributed by atoms with Crippen molar-refractivity contribution in [2.24, 2.45) is 0 Å². The topological polar surface area (TPSA) is 46.0 Å². The standard InChI is InChI=1S/C12H14N2OS/c1-8-3-4-13-6-10(8)11(15)5-12-14-9(2)7-16-12/h3-4,6-7,11,15H,5H2,1-2H3. The molecule has 2 heterocycles. The van der Waals surface area contributed by atoms with Crippen LogP contribution >= 0.6 is 11.3 Å². The summed E-state index contributed by atoms with van der Waals surface area (Å²) in [5.74, 6) is 0. The summed E-state index contributed by atoms with van der Waals surface area (Å²) in [6, 6.07) is 1.91. The number of thiazole rings is 1. The Bertz CT molecular complexity index is 481. The highest BCUT2D eigenvalue weighted by atomic mass is 32.1. The smallest absolute Gasteiger partial charge is 0.0957 e. The summed E-state index contributed by atoms with van der Waals surface area (Å²) in [5, 5.41) is 13.1. The number of aromatic nitrogens is 2. The van der Waals surface area contributed by atoms with E-state index in [2.05, 4.69) is 9.97 Å². The van der Waals surface area contributed by atoms with E-state index in [4.69, 9.17) is 0 Å². The van der Waals surface area contributed by atoms with Crippen LogP contribution in [0.3, 0.4) is 0 Å². The van der Waals surface area contributed by atoms with E-state index in [-0.39, 0.29) is 0 Å². The summed E-state index contributed by atoms with van der Waals surface area (Å²) in [7, 11) is 0. The molecule has 2 aromatic heterocycles. The van der Waals surface area contributed by atoms with Crippen LogP contribution in [0.5, 0.6) is 0 Å². The molecule has 84 valence electrons. The molecule has 0 saturated heterocycles. The van der Waals surface area contributed by atoms with Crippen molar-refractivity contribution in [2.75, 3.05) is 0 Å². The van der Waals surface area contributed by atoms with Crippen LogP contribution < -0.4 is 0 Å². The summed E-state index contributed by atoms with van der Waals surface area (Å²) < 4.78 is 0. The van der Waals surface area contributed by atoms with Gasteiger partial charge in [-0.25, -0.2) is 4.98 Å². The van der Waals surface area contributed by atoms with Crippen LogP contribution in [0.4, 0.5) is 0 Å². The Labute approximate surface area is 98.8 Å². The van der Waals surface area contributed by atoms with E-state index in [1.807, 2.05) is 25.3 Å². The van der Waals surface area contributed by atoms with E-state index in [1.165, 1.54) is 0 Å². The van der Waals surface area contributed by atoms with E-state index >= 15 is 0 Å². The Kier molecular flexibility index (Phi) is 3.31. The minimum absolute atomic E-state index is 0.515. The lowest BCUT2D eigenvalue weighted by Crippen LogP contribution is -2.04. The summed E-state index contributed by atoms with van der Waals surface area (Å²) in [5.41, 5.74) is 2.96. The first-order chi connectivity index (χ1) is 7.66. The highest BCUT2D eigenvalue weighted by molar-refractivity contribution is 7.09. The molecule has 0 fully saturated rings. The zero-order valence-electron chi connectivity index (χ0n) is 9.34. The Morgan fingerprint density at radius 2 is 2.25 bits per heavy atom. The van der Waals surface area contributed by atoms with Crippen molar-refractivity contribution in [2.45, 2.75) is 26.4 Å². The van der Waals surface area contributed by atoms with Crippen LogP contribution in [0, 0.1) is 13.8 Å². The van der Waals surface area contributed by atoms with Crippen LogP contribution in [-0.2, 0) is 6.42 Å². The molecule has 2 rings (SSSR count). The zero-order chi connectivity index (χ0) is 11.5. The predicted octanol–water partition coefficient (Wildman–Crippen LogP) is 2.43. The second-order valence-corrected chi connectivity index (χ2v) is 4.78. The quantitative estimate of drug-likeness (QED) is 0.887. The van der Waals surface area contributed by atoms with Crippen molar-refractivity contribution >= 4 is 11.3 Å². The normalized spacial score (nSPS) is 12.7. The monoisotopic (exact) mass is 234 g/mol. The Morgan fingerprint density at radius 1 is 1.44 bits per heavy atom. The van der Waals surface area contributed by atoms with Gasteiger partial charge in [0.1, 0.15) is 0 Å². The van der Waals surface area contributed by atoms with Crippen LogP contribution in [0.1, 0.15) is 27.9 Å². The summed E-state index contributed by atoms with van der Waals surface area (Å²) in [6.07, 6.45) is 3.50. The molecule has 0 aliphatic heterocycles. The molecular weight excluding hydrogens is 220 g/mol. The molecule has 0 radical (unpaired) electrons. The number of hydrogen-bond acceptors (Lipinski definition) is 4. The third kappa shape index (κ3) is 2.46. The average molecular weight is 234 g/mol. The van der Waals surface area contributed by atoms with Crippen LogP contribution in [0.25, 0.3) is 0 Å². The van der Waals surface area contributed by atoms with E-state index in [0.29, 0.717) is 6.42 Å². The molecule has 0 spiro atoms. The van der Waals surface area contributed by atoms with Crippen molar-refractivity contribution in [1.82, 2.24) is 9.97 Å². The second kappa shape index (κ2) is 4.72. The Hall–Kier alpha value is -1.26. The first-order valence-electron chi connectivity index (χ1n) is 5.16. The van der Waals surface area contributed by atoms with Gasteiger partial charge < -0.3 is 5.11 Å². The number of pyridine rings is 1. The van der Waals surface area contributed by atoms with Gasteiger partial charge in [-0.15, -0.1) is 11.3 Å². The first kappa shape index (κ1) is 11.2. The van der Waals surface area contributed by atoms with E-state index in [0.717, 1.165) is 21.8 Å². The Balaban J connectivity index is 2.14. The van der Waals surface area contributed by atoms with Gasteiger partial charge >= 0.3 is 0 Å². The fourth-order valence-corrected chi connectivity index (χ4v) is 2.41. The van der Waals surface area contributed by atoms with Gasteiger partial charge in [-0.1, -0.05) is 0 Å². The minimum atomic E-state index is -0.515. The molecule has 1 N–H and O–H groups in total. The van der Waals surface area contributed by atoms with Gasteiger partial charge in [0.15, 0.2) is 0 Å². The lowest BCUT2D eigenvalue weighted by molar-refractivity contribution is 0.177. The van der Waals surface area contributed by atoms with E-state index < -0.39 is 6.10 Å². The number of aryl methyl sites for hydroxylation is 2. The minimum Gasteiger partial charge on any atom is -0.388 e. The highest BCUT2D eigenvalue weighted by Gasteiger charge is 2.13. The molecular formula is C12H14N2OS. The fraction of sp³-hybridized carbons (Fsp3) is 0.333. The van der Waals surface area contributed by atoms with Crippen molar-refractivity contribution in [3.8, 4) is 0 Å². The highest BCUT2D eigenvalue weighted by Crippen LogP contribution is 2.22. The predicted molar refractivity (Wildman–Crippen MR) is 64.5 cm³/mol. The third-order valence-corrected chi connectivity index (χ3v) is 3.46. The molecule has 2 aromatic rings. The summed E-state index contributed by atoms with van der Waals surface area (Å²) >= 11 is 1.59. The molecule has 1 unspecified atom stereocenters. The van der Waals surface area contributed by atoms with E-state index in [1.54, 1.807) is 23.7 Å². The fourth-order valence-electron chi connectivity index (χ4n) is 1.60. The molecule has 3 nitrogen and oxygen atoms in total. The maximum Gasteiger partial charge on any atom is 0.0957 e. The number of nitrogens with zero attached hydrogens (tertiary/aromatic N) is 2. The van der Waals surface area contributed by atoms with Gasteiger partial charge in [-0.3, -0.25) is 4.98 Å². The third-order valence-electron chi connectivity index (χ3n) is 2.47. The van der Waals surface area contributed by atoms with Gasteiger partial charge in [0.25, 0.3) is 0 Å². The number of aliphatic hydroxyl groups is 1.